The number of hydrogen-bond donors (Lipinski definition) is 3. The van der Waals surface area contributed by atoms with Gasteiger partial charge in [0.05, 0.1) is 25.0 Å². The summed E-state index contributed by atoms with van der Waals surface area (Å²) in [6.45, 7) is 4.35. The summed E-state index contributed by atoms with van der Waals surface area (Å²) in [5.74, 6) is -1.12. The van der Waals surface area contributed by atoms with Crippen molar-refractivity contribution in [3.8, 4) is 17.2 Å². The molecule has 3 aromatic rings. The summed E-state index contributed by atoms with van der Waals surface area (Å²) in [6.07, 6.45) is 3.27. The van der Waals surface area contributed by atoms with Crippen molar-refractivity contribution in [3.05, 3.63) is 76.8 Å². The summed E-state index contributed by atoms with van der Waals surface area (Å²) < 4.78 is 16.5. The summed E-state index contributed by atoms with van der Waals surface area (Å²) in [7, 11) is 1.42. The van der Waals surface area contributed by atoms with E-state index >= 15 is 0 Å². The summed E-state index contributed by atoms with van der Waals surface area (Å²) in [6, 6.07) is 17.1. The van der Waals surface area contributed by atoms with Crippen LogP contribution in [0.3, 0.4) is 0 Å². The first kappa shape index (κ1) is 30.0. The van der Waals surface area contributed by atoms with Crippen LogP contribution in [0.2, 0.25) is 5.02 Å². The van der Waals surface area contributed by atoms with E-state index in [0.717, 1.165) is 18.4 Å². The number of nitrogens with one attached hydrogen (secondary N) is 3. The molecule has 0 aliphatic rings. The molecule has 40 heavy (non-hydrogen) atoms. The van der Waals surface area contributed by atoms with Crippen molar-refractivity contribution in [1.29, 1.82) is 0 Å². The van der Waals surface area contributed by atoms with Gasteiger partial charge in [-0.15, -0.1) is 0 Å². The Morgan fingerprint density at radius 1 is 0.925 bits per heavy atom. The SMILES string of the molecule is CCCCOc1ccc(NC(=O)C(=O)N/N=C\c2cc(Cl)c(OCC(=O)Nc3ccc(C)cc3)c(OC)c2)cc1. The van der Waals surface area contributed by atoms with Gasteiger partial charge in [-0.1, -0.05) is 42.6 Å². The van der Waals surface area contributed by atoms with Gasteiger partial charge >= 0.3 is 11.8 Å². The first-order valence-corrected chi connectivity index (χ1v) is 12.9. The van der Waals surface area contributed by atoms with Crippen LogP contribution in [0.5, 0.6) is 17.2 Å². The van der Waals surface area contributed by atoms with Crippen molar-refractivity contribution < 1.29 is 28.6 Å². The fraction of sp³-hybridized carbons (Fsp3) is 0.241. The average molecular weight is 567 g/mol. The van der Waals surface area contributed by atoms with Crippen LogP contribution in [0.25, 0.3) is 0 Å². The molecule has 210 valence electrons. The van der Waals surface area contributed by atoms with Gasteiger partial charge in [-0.25, -0.2) is 5.43 Å². The number of carbonyl (C=O) groups excluding carboxylic acids is 3. The Kier molecular flexibility index (Phi) is 11.3. The fourth-order valence-corrected chi connectivity index (χ4v) is 3.57. The lowest BCUT2D eigenvalue weighted by molar-refractivity contribution is -0.136. The molecule has 0 bridgehead atoms. The summed E-state index contributed by atoms with van der Waals surface area (Å²) in [5.41, 5.74) is 4.77. The zero-order valence-corrected chi connectivity index (χ0v) is 23.2. The van der Waals surface area contributed by atoms with E-state index in [1.165, 1.54) is 19.4 Å². The largest absolute Gasteiger partial charge is 0.494 e. The van der Waals surface area contributed by atoms with Crippen molar-refractivity contribution >= 4 is 46.9 Å². The maximum Gasteiger partial charge on any atom is 0.329 e. The maximum atomic E-state index is 12.3. The molecule has 0 heterocycles. The second-order valence-corrected chi connectivity index (χ2v) is 9.02. The van der Waals surface area contributed by atoms with E-state index < -0.39 is 11.8 Å². The van der Waals surface area contributed by atoms with Crippen LogP contribution in [-0.2, 0) is 14.4 Å². The molecular weight excluding hydrogens is 536 g/mol. The molecule has 3 N–H and O–H groups in total. The molecule has 0 unspecified atom stereocenters. The number of ether oxygens (including phenoxy) is 3. The van der Waals surface area contributed by atoms with E-state index in [1.807, 2.05) is 19.1 Å². The number of rotatable bonds is 12. The quantitative estimate of drug-likeness (QED) is 0.123. The molecule has 0 saturated heterocycles. The van der Waals surface area contributed by atoms with Gasteiger partial charge in [-0.2, -0.15) is 5.10 Å². The Balaban J connectivity index is 1.52. The van der Waals surface area contributed by atoms with Gasteiger partial charge in [0.15, 0.2) is 18.1 Å². The second kappa shape index (κ2) is 15.1. The lowest BCUT2D eigenvalue weighted by Crippen LogP contribution is -2.32. The van der Waals surface area contributed by atoms with Crippen molar-refractivity contribution in [2.45, 2.75) is 26.7 Å². The van der Waals surface area contributed by atoms with Gasteiger partial charge in [0, 0.05) is 11.4 Å². The lowest BCUT2D eigenvalue weighted by atomic mass is 10.2. The average Bonchev–Trinajstić information content (AvgIpc) is 2.94. The summed E-state index contributed by atoms with van der Waals surface area (Å²) >= 11 is 6.34. The minimum atomic E-state index is -0.961. The van der Waals surface area contributed by atoms with Crippen molar-refractivity contribution in [3.63, 3.8) is 0 Å². The van der Waals surface area contributed by atoms with Crippen molar-refractivity contribution in [1.82, 2.24) is 5.43 Å². The molecule has 0 spiro atoms. The number of benzene rings is 3. The van der Waals surface area contributed by atoms with Gasteiger partial charge in [0.1, 0.15) is 5.75 Å². The number of halogens is 1. The number of methoxy groups -OCH3 is 1. The normalized spacial score (nSPS) is 10.6. The molecule has 0 saturated carbocycles. The number of hydrogen-bond acceptors (Lipinski definition) is 7. The first-order valence-electron chi connectivity index (χ1n) is 12.5. The van der Waals surface area contributed by atoms with E-state index in [4.69, 9.17) is 25.8 Å². The molecule has 0 aliphatic carbocycles. The van der Waals surface area contributed by atoms with Crippen LogP contribution in [-0.4, -0.2) is 44.3 Å². The van der Waals surface area contributed by atoms with Crippen LogP contribution < -0.4 is 30.3 Å². The van der Waals surface area contributed by atoms with E-state index in [9.17, 15) is 14.4 Å². The zero-order chi connectivity index (χ0) is 28.9. The monoisotopic (exact) mass is 566 g/mol. The van der Waals surface area contributed by atoms with E-state index in [0.29, 0.717) is 29.3 Å². The van der Waals surface area contributed by atoms with E-state index in [2.05, 4.69) is 28.1 Å². The third-order valence-electron chi connectivity index (χ3n) is 5.40. The third kappa shape index (κ3) is 9.32. The highest BCUT2D eigenvalue weighted by molar-refractivity contribution is 6.39. The Morgan fingerprint density at radius 2 is 1.60 bits per heavy atom. The molecule has 3 aromatic carbocycles. The molecular formula is C29H31ClN4O6. The van der Waals surface area contributed by atoms with Gasteiger partial charge in [-0.3, -0.25) is 14.4 Å². The topological polar surface area (TPSA) is 127 Å². The Labute approximate surface area is 237 Å². The van der Waals surface area contributed by atoms with E-state index in [-0.39, 0.29) is 29.0 Å². The molecule has 3 rings (SSSR count). The second-order valence-electron chi connectivity index (χ2n) is 8.62. The highest BCUT2D eigenvalue weighted by atomic mass is 35.5. The zero-order valence-electron chi connectivity index (χ0n) is 22.5. The van der Waals surface area contributed by atoms with Gasteiger partial charge in [0.25, 0.3) is 5.91 Å². The predicted molar refractivity (Wildman–Crippen MR) is 155 cm³/mol. The number of unbranched alkanes of at least 4 members (excludes halogenated alkanes) is 1. The van der Waals surface area contributed by atoms with Crippen molar-refractivity contribution in [2.24, 2.45) is 5.10 Å². The molecule has 0 fully saturated rings. The molecule has 11 heteroatoms. The molecule has 10 nitrogen and oxygen atoms in total. The number of anilines is 2. The predicted octanol–water partition coefficient (Wildman–Crippen LogP) is 4.94. The van der Waals surface area contributed by atoms with Crippen LogP contribution in [0, 0.1) is 6.92 Å². The van der Waals surface area contributed by atoms with Crippen LogP contribution in [0.1, 0.15) is 30.9 Å². The lowest BCUT2D eigenvalue weighted by Gasteiger charge is -2.13. The van der Waals surface area contributed by atoms with Crippen LogP contribution in [0.4, 0.5) is 11.4 Å². The number of amides is 3. The molecule has 0 atom stereocenters. The number of hydrazone groups is 1. The Morgan fingerprint density at radius 3 is 2.27 bits per heavy atom. The number of nitrogens with zero attached hydrogens (tertiary/aromatic N) is 1. The third-order valence-corrected chi connectivity index (χ3v) is 5.68. The highest BCUT2D eigenvalue weighted by Crippen LogP contribution is 2.36. The smallest absolute Gasteiger partial charge is 0.329 e. The fourth-order valence-electron chi connectivity index (χ4n) is 3.30. The Bertz CT molecular complexity index is 1340. The number of carbonyl (C=O) groups is 3. The minimum absolute atomic E-state index is 0.162. The van der Waals surface area contributed by atoms with Gasteiger partial charge in [-0.05, 0) is 67.4 Å². The minimum Gasteiger partial charge on any atom is -0.494 e. The molecule has 0 radical (unpaired) electrons. The Hall–Kier alpha value is -4.57. The van der Waals surface area contributed by atoms with Gasteiger partial charge in [0.2, 0.25) is 0 Å². The number of aryl methyl sites for hydroxylation is 1. The van der Waals surface area contributed by atoms with Crippen LogP contribution in [0.15, 0.2) is 65.8 Å². The first-order chi connectivity index (χ1) is 19.3. The summed E-state index contributed by atoms with van der Waals surface area (Å²) in [5, 5.41) is 9.20. The maximum absolute atomic E-state index is 12.3. The van der Waals surface area contributed by atoms with Crippen molar-refractivity contribution in [2.75, 3.05) is 31.0 Å². The van der Waals surface area contributed by atoms with Gasteiger partial charge < -0.3 is 24.8 Å². The highest BCUT2D eigenvalue weighted by Gasteiger charge is 2.15. The van der Waals surface area contributed by atoms with E-state index in [1.54, 1.807) is 42.5 Å². The summed E-state index contributed by atoms with van der Waals surface area (Å²) in [4.78, 5) is 36.6. The molecule has 3 amide bonds. The van der Waals surface area contributed by atoms with Crippen LogP contribution >= 0.6 is 11.6 Å². The molecule has 0 aliphatic heterocycles. The standard InChI is InChI=1S/C29H31ClN4O6/c1-4-5-14-39-23-12-10-22(11-13-23)33-28(36)29(37)34-31-17-20-15-24(30)27(25(16-20)38-3)40-18-26(35)32-21-8-6-19(2)7-9-21/h6-13,15-17H,4-5,14,18H2,1-3H3,(H,32,35)(H,33,36)(H,34,37)/b31-17-. The molecule has 0 aromatic heterocycles.